The molecular formula is C10H15N3OS. The fraction of sp³-hybridized carbons (Fsp3) is 0.500. The van der Waals surface area contributed by atoms with Crippen molar-refractivity contribution < 1.29 is 4.74 Å². The van der Waals surface area contributed by atoms with Crippen molar-refractivity contribution in [1.29, 1.82) is 0 Å². The summed E-state index contributed by atoms with van der Waals surface area (Å²) in [5, 5.41) is 4.23. The van der Waals surface area contributed by atoms with Crippen LogP contribution in [-0.2, 0) is 4.74 Å². The lowest BCUT2D eigenvalue weighted by molar-refractivity contribution is 0.166. The zero-order valence-corrected chi connectivity index (χ0v) is 9.54. The number of ether oxygens (including phenoxy) is 1. The summed E-state index contributed by atoms with van der Waals surface area (Å²) in [4.78, 5) is 6.38. The van der Waals surface area contributed by atoms with E-state index in [0.29, 0.717) is 18.6 Å². The molecule has 1 aromatic rings. The topological polar surface area (TPSA) is 50.9 Å². The van der Waals surface area contributed by atoms with Gasteiger partial charge < -0.3 is 15.4 Å². The quantitative estimate of drug-likeness (QED) is 0.833. The van der Waals surface area contributed by atoms with Crippen LogP contribution in [0.1, 0.15) is 11.6 Å². The summed E-state index contributed by atoms with van der Waals surface area (Å²) in [6.07, 6.45) is 0. The standard InChI is InChI=1S/C10H15N3OS/c1-14-4-3-13-9(6-12-10(13)11)8-2-5-15-7-8/h2,5,7,9H,3-4,6H2,1H3,(H2,11,12). The van der Waals surface area contributed by atoms with E-state index < -0.39 is 0 Å². The van der Waals surface area contributed by atoms with E-state index in [9.17, 15) is 0 Å². The van der Waals surface area contributed by atoms with E-state index in [-0.39, 0.29) is 0 Å². The number of hydrogen-bond donors (Lipinski definition) is 1. The first-order chi connectivity index (χ1) is 7.33. The van der Waals surface area contributed by atoms with Crippen molar-refractivity contribution in [2.75, 3.05) is 26.8 Å². The first kappa shape index (κ1) is 10.4. The predicted octanol–water partition coefficient (Wildman–Crippen LogP) is 1.07. The molecule has 0 saturated carbocycles. The van der Waals surface area contributed by atoms with Gasteiger partial charge in [0, 0.05) is 13.7 Å². The van der Waals surface area contributed by atoms with Crippen LogP contribution in [0.4, 0.5) is 0 Å². The fourth-order valence-corrected chi connectivity index (χ4v) is 2.45. The van der Waals surface area contributed by atoms with E-state index in [0.717, 1.165) is 13.1 Å². The van der Waals surface area contributed by atoms with Crippen LogP contribution in [0.3, 0.4) is 0 Å². The van der Waals surface area contributed by atoms with Crippen molar-refractivity contribution in [3.05, 3.63) is 22.4 Å². The number of guanidine groups is 1. The molecule has 2 N–H and O–H groups in total. The normalized spacial score (nSPS) is 20.7. The van der Waals surface area contributed by atoms with Gasteiger partial charge in [0.25, 0.3) is 0 Å². The minimum atomic E-state index is 0.298. The molecule has 0 spiro atoms. The van der Waals surface area contributed by atoms with E-state index in [1.54, 1.807) is 18.4 Å². The highest BCUT2D eigenvalue weighted by molar-refractivity contribution is 7.07. The second-order valence-electron chi connectivity index (χ2n) is 3.46. The molecule has 2 rings (SSSR count). The Kier molecular flexibility index (Phi) is 3.23. The van der Waals surface area contributed by atoms with Gasteiger partial charge in [-0.25, -0.2) is 0 Å². The molecule has 0 amide bonds. The van der Waals surface area contributed by atoms with E-state index in [4.69, 9.17) is 10.5 Å². The minimum Gasteiger partial charge on any atom is -0.383 e. The number of nitrogens with zero attached hydrogens (tertiary/aromatic N) is 2. The van der Waals surface area contributed by atoms with E-state index >= 15 is 0 Å². The lowest BCUT2D eigenvalue weighted by Gasteiger charge is -2.25. The summed E-state index contributed by atoms with van der Waals surface area (Å²) in [7, 11) is 1.70. The summed E-state index contributed by atoms with van der Waals surface area (Å²) in [5.41, 5.74) is 7.13. The summed E-state index contributed by atoms with van der Waals surface area (Å²) >= 11 is 1.70. The van der Waals surface area contributed by atoms with E-state index in [2.05, 4.69) is 26.7 Å². The Bertz CT molecular complexity index is 336. The molecule has 1 aromatic heterocycles. The molecule has 0 aromatic carbocycles. The maximum Gasteiger partial charge on any atom is 0.192 e. The molecule has 15 heavy (non-hydrogen) atoms. The van der Waals surface area contributed by atoms with Crippen LogP contribution in [0.25, 0.3) is 0 Å². The summed E-state index contributed by atoms with van der Waals surface area (Å²) in [5.74, 6) is 0.628. The van der Waals surface area contributed by atoms with Crippen molar-refractivity contribution in [1.82, 2.24) is 4.90 Å². The van der Waals surface area contributed by atoms with E-state index in [1.807, 2.05) is 0 Å². The summed E-state index contributed by atoms with van der Waals surface area (Å²) < 4.78 is 5.07. The van der Waals surface area contributed by atoms with Gasteiger partial charge in [0.2, 0.25) is 0 Å². The maximum absolute atomic E-state index is 5.84. The predicted molar refractivity (Wildman–Crippen MR) is 62.1 cm³/mol. The Hall–Kier alpha value is -1.07. The van der Waals surface area contributed by atoms with Gasteiger partial charge in [-0.15, -0.1) is 0 Å². The van der Waals surface area contributed by atoms with Crippen molar-refractivity contribution in [3.63, 3.8) is 0 Å². The van der Waals surface area contributed by atoms with Gasteiger partial charge in [0.05, 0.1) is 19.2 Å². The van der Waals surface area contributed by atoms with Crippen molar-refractivity contribution in [3.8, 4) is 0 Å². The summed E-state index contributed by atoms with van der Waals surface area (Å²) in [6, 6.07) is 2.43. The molecule has 0 fully saturated rings. The molecule has 82 valence electrons. The SMILES string of the molecule is COCCN1C(N)=NCC1c1ccsc1. The minimum absolute atomic E-state index is 0.298. The van der Waals surface area contributed by atoms with Gasteiger partial charge in [0.15, 0.2) is 5.96 Å². The van der Waals surface area contributed by atoms with Crippen LogP contribution in [0.15, 0.2) is 21.8 Å². The zero-order valence-electron chi connectivity index (χ0n) is 8.72. The first-order valence-corrected chi connectivity index (χ1v) is 5.85. The van der Waals surface area contributed by atoms with Gasteiger partial charge in [-0.1, -0.05) is 0 Å². The number of hydrogen-bond acceptors (Lipinski definition) is 5. The van der Waals surface area contributed by atoms with Gasteiger partial charge in [-0.2, -0.15) is 11.3 Å². The Morgan fingerprint density at radius 2 is 2.60 bits per heavy atom. The average Bonchev–Trinajstić information content (AvgIpc) is 2.84. The Labute approximate surface area is 93.4 Å². The summed E-state index contributed by atoms with van der Waals surface area (Å²) in [6.45, 7) is 2.23. The van der Waals surface area contributed by atoms with Crippen LogP contribution in [0, 0.1) is 0 Å². The van der Waals surface area contributed by atoms with E-state index in [1.165, 1.54) is 5.56 Å². The maximum atomic E-state index is 5.84. The smallest absolute Gasteiger partial charge is 0.192 e. The van der Waals surface area contributed by atoms with Crippen LogP contribution >= 0.6 is 11.3 Å². The Balaban J connectivity index is 2.07. The zero-order chi connectivity index (χ0) is 10.7. The molecule has 0 radical (unpaired) electrons. The second kappa shape index (κ2) is 4.63. The molecule has 5 heteroatoms. The molecule has 4 nitrogen and oxygen atoms in total. The average molecular weight is 225 g/mol. The van der Waals surface area contributed by atoms with Crippen LogP contribution in [0.2, 0.25) is 0 Å². The molecule has 0 bridgehead atoms. The molecule has 1 unspecified atom stereocenters. The highest BCUT2D eigenvalue weighted by Crippen LogP contribution is 2.26. The van der Waals surface area contributed by atoms with Crippen molar-refractivity contribution in [2.24, 2.45) is 10.7 Å². The van der Waals surface area contributed by atoms with Crippen molar-refractivity contribution >= 4 is 17.3 Å². The van der Waals surface area contributed by atoms with Crippen LogP contribution < -0.4 is 5.73 Å². The third-order valence-corrected chi connectivity index (χ3v) is 3.26. The van der Waals surface area contributed by atoms with Gasteiger partial charge in [0.1, 0.15) is 0 Å². The van der Waals surface area contributed by atoms with Crippen LogP contribution in [0.5, 0.6) is 0 Å². The monoisotopic (exact) mass is 225 g/mol. The number of aliphatic imine (C=N–C) groups is 1. The fourth-order valence-electron chi connectivity index (χ4n) is 1.74. The molecule has 0 aliphatic carbocycles. The van der Waals surface area contributed by atoms with Gasteiger partial charge in [-0.3, -0.25) is 4.99 Å². The second-order valence-corrected chi connectivity index (χ2v) is 4.24. The molecular weight excluding hydrogens is 210 g/mol. The first-order valence-electron chi connectivity index (χ1n) is 4.90. The number of rotatable bonds is 4. The molecule has 1 aliphatic rings. The van der Waals surface area contributed by atoms with Crippen molar-refractivity contribution in [2.45, 2.75) is 6.04 Å². The molecule has 1 aliphatic heterocycles. The molecule has 2 heterocycles. The number of nitrogens with two attached hydrogens (primary N) is 1. The number of methoxy groups -OCH3 is 1. The third-order valence-electron chi connectivity index (χ3n) is 2.56. The van der Waals surface area contributed by atoms with Gasteiger partial charge >= 0.3 is 0 Å². The number of thiophene rings is 1. The van der Waals surface area contributed by atoms with Gasteiger partial charge in [-0.05, 0) is 22.4 Å². The lowest BCUT2D eigenvalue weighted by Crippen LogP contribution is -2.38. The molecule has 1 atom stereocenters. The highest BCUT2D eigenvalue weighted by Gasteiger charge is 2.26. The van der Waals surface area contributed by atoms with Crippen LogP contribution in [-0.4, -0.2) is 37.7 Å². The largest absolute Gasteiger partial charge is 0.383 e. The lowest BCUT2D eigenvalue weighted by atomic mass is 10.1. The Morgan fingerprint density at radius 1 is 1.73 bits per heavy atom. The highest BCUT2D eigenvalue weighted by atomic mass is 32.1. The molecule has 0 saturated heterocycles. The third kappa shape index (κ3) is 2.13. The Morgan fingerprint density at radius 3 is 3.27 bits per heavy atom.